The first-order chi connectivity index (χ1) is 13.6. The highest BCUT2D eigenvalue weighted by Gasteiger charge is 2.31. The second-order valence-electron chi connectivity index (χ2n) is 6.84. The lowest BCUT2D eigenvalue weighted by atomic mass is 10.0. The molecule has 0 spiro atoms. The molecule has 0 aliphatic carbocycles. The van der Waals surface area contributed by atoms with Crippen molar-refractivity contribution in [1.82, 2.24) is 10.2 Å². The Balaban J connectivity index is 1.41. The van der Waals surface area contributed by atoms with Crippen molar-refractivity contribution in [2.75, 3.05) is 26.3 Å². The zero-order valence-electron chi connectivity index (χ0n) is 15.3. The van der Waals surface area contributed by atoms with E-state index in [9.17, 15) is 9.59 Å². The second-order valence-corrected chi connectivity index (χ2v) is 7.76. The Morgan fingerprint density at radius 1 is 1.11 bits per heavy atom. The summed E-state index contributed by atoms with van der Waals surface area (Å²) in [5.74, 6) is 1.13. The summed E-state index contributed by atoms with van der Waals surface area (Å²) in [6, 6.07) is 12.9. The molecule has 2 aromatic carbocycles. The fraction of sp³-hybridized carbons (Fsp3) is 0.333. The van der Waals surface area contributed by atoms with E-state index in [0.717, 1.165) is 34.4 Å². The van der Waals surface area contributed by atoms with Gasteiger partial charge in [0.1, 0.15) is 13.2 Å². The molecular weight excluding hydrogens is 424 g/mol. The summed E-state index contributed by atoms with van der Waals surface area (Å²) in [4.78, 5) is 26.9. The molecule has 1 saturated heterocycles. The van der Waals surface area contributed by atoms with Crippen LogP contribution in [0.15, 0.2) is 46.9 Å². The number of carbonyl (C=O) groups is 2. The first kappa shape index (κ1) is 18.8. The lowest BCUT2D eigenvalue weighted by Gasteiger charge is -2.27. The van der Waals surface area contributed by atoms with Gasteiger partial charge in [-0.1, -0.05) is 28.1 Å². The molecule has 28 heavy (non-hydrogen) atoms. The van der Waals surface area contributed by atoms with Gasteiger partial charge in [0.05, 0.1) is 12.6 Å². The van der Waals surface area contributed by atoms with Crippen LogP contribution in [0.2, 0.25) is 0 Å². The van der Waals surface area contributed by atoms with Crippen LogP contribution in [0, 0.1) is 0 Å². The Morgan fingerprint density at radius 2 is 1.93 bits per heavy atom. The molecule has 7 heteroatoms. The van der Waals surface area contributed by atoms with Crippen molar-refractivity contribution >= 4 is 27.7 Å². The van der Waals surface area contributed by atoms with Crippen molar-refractivity contribution in [2.24, 2.45) is 0 Å². The molecule has 2 heterocycles. The number of nitrogens with one attached hydrogen (secondary N) is 1. The van der Waals surface area contributed by atoms with Crippen molar-refractivity contribution in [1.29, 1.82) is 0 Å². The molecule has 1 unspecified atom stereocenters. The van der Waals surface area contributed by atoms with Crippen LogP contribution in [0.5, 0.6) is 11.5 Å². The van der Waals surface area contributed by atoms with Crippen LogP contribution in [0.1, 0.15) is 34.8 Å². The summed E-state index contributed by atoms with van der Waals surface area (Å²) in [6.07, 6.45) is 1.83. The van der Waals surface area contributed by atoms with Crippen molar-refractivity contribution < 1.29 is 19.1 Å². The molecule has 2 aliphatic heterocycles. The number of hydrogen-bond acceptors (Lipinski definition) is 4. The lowest BCUT2D eigenvalue weighted by Crippen LogP contribution is -2.39. The van der Waals surface area contributed by atoms with E-state index in [1.807, 2.05) is 29.2 Å². The average Bonchev–Trinajstić information content (AvgIpc) is 3.21. The number of amides is 2. The number of fused-ring (bicyclic) bond motifs is 1. The van der Waals surface area contributed by atoms with E-state index in [1.54, 1.807) is 18.2 Å². The number of carbonyl (C=O) groups excluding carboxylic acids is 2. The molecular formula is C21H21BrN2O4. The van der Waals surface area contributed by atoms with Crippen LogP contribution in [0.3, 0.4) is 0 Å². The minimum atomic E-state index is -0.260. The van der Waals surface area contributed by atoms with Gasteiger partial charge in [-0.2, -0.15) is 0 Å². The van der Waals surface area contributed by atoms with Crippen LogP contribution in [0.25, 0.3) is 0 Å². The van der Waals surface area contributed by atoms with E-state index in [4.69, 9.17) is 9.47 Å². The Kier molecular flexibility index (Phi) is 5.52. The predicted octanol–water partition coefficient (Wildman–Crippen LogP) is 3.31. The average molecular weight is 445 g/mol. The highest BCUT2D eigenvalue weighted by atomic mass is 79.9. The van der Waals surface area contributed by atoms with Gasteiger partial charge in [-0.25, -0.2) is 0 Å². The molecule has 1 fully saturated rings. The van der Waals surface area contributed by atoms with Crippen molar-refractivity contribution in [3.05, 3.63) is 58.1 Å². The smallest absolute Gasteiger partial charge is 0.251 e. The number of likely N-dealkylation sites (tertiary alicyclic amines) is 1. The summed E-state index contributed by atoms with van der Waals surface area (Å²) < 4.78 is 12.1. The quantitative estimate of drug-likeness (QED) is 0.785. The van der Waals surface area contributed by atoms with Crippen LogP contribution < -0.4 is 14.8 Å². The Bertz CT molecular complexity index is 902. The van der Waals surface area contributed by atoms with Crippen LogP contribution in [-0.4, -0.2) is 43.0 Å². The number of halogens is 1. The zero-order valence-corrected chi connectivity index (χ0v) is 16.9. The van der Waals surface area contributed by atoms with Crippen LogP contribution >= 0.6 is 15.9 Å². The van der Waals surface area contributed by atoms with Gasteiger partial charge in [-0.15, -0.1) is 0 Å². The lowest BCUT2D eigenvalue weighted by molar-refractivity contribution is -0.131. The van der Waals surface area contributed by atoms with E-state index in [0.29, 0.717) is 25.3 Å². The van der Waals surface area contributed by atoms with Gasteiger partial charge in [0, 0.05) is 16.6 Å². The van der Waals surface area contributed by atoms with Crippen molar-refractivity contribution in [3.8, 4) is 11.5 Å². The van der Waals surface area contributed by atoms with Crippen LogP contribution in [-0.2, 0) is 4.79 Å². The summed E-state index contributed by atoms with van der Waals surface area (Å²) in [5.41, 5.74) is 1.56. The summed E-state index contributed by atoms with van der Waals surface area (Å²) in [7, 11) is 0. The summed E-state index contributed by atoms with van der Waals surface area (Å²) >= 11 is 3.35. The molecule has 1 N–H and O–H groups in total. The third-order valence-corrected chi connectivity index (χ3v) is 5.50. The Labute approximate surface area is 171 Å². The molecule has 2 aromatic rings. The van der Waals surface area contributed by atoms with Gasteiger partial charge in [0.15, 0.2) is 11.5 Å². The molecule has 0 saturated carbocycles. The maximum atomic E-state index is 12.8. The van der Waals surface area contributed by atoms with E-state index < -0.39 is 0 Å². The maximum absolute atomic E-state index is 12.8. The highest BCUT2D eigenvalue weighted by Crippen LogP contribution is 2.38. The molecule has 1 atom stereocenters. The van der Waals surface area contributed by atoms with Crippen molar-refractivity contribution in [3.63, 3.8) is 0 Å². The molecule has 6 nitrogen and oxygen atoms in total. The van der Waals surface area contributed by atoms with Gasteiger partial charge >= 0.3 is 0 Å². The molecule has 0 aromatic heterocycles. The van der Waals surface area contributed by atoms with Gasteiger partial charge in [0.25, 0.3) is 5.91 Å². The van der Waals surface area contributed by atoms with E-state index >= 15 is 0 Å². The molecule has 4 rings (SSSR count). The summed E-state index contributed by atoms with van der Waals surface area (Å²) in [6.45, 7) is 1.75. The first-order valence-corrected chi connectivity index (χ1v) is 10.1. The van der Waals surface area contributed by atoms with Crippen molar-refractivity contribution in [2.45, 2.75) is 18.9 Å². The molecule has 146 valence electrons. The Hall–Kier alpha value is -2.54. The van der Waals surface area contributed by atoms with Gasteiger partial charge in [0.2, 0.25) is 5.91 Å². The number of rotatable bonds is 4. The third-order valence-electron chi connectivity index (χ3n) is 5.01. The molecule has 0 bridgehead atoms. The summed E-state index contributed by atoms with van der Waals surface area (Å²) in [5, 5.41) is 2.73. The first-order valence-electron chi connectivity index (χ1n) is 9.34. The molecule has 2 aliphatic rings. The fourth-order valence-electron chi connectivity index (χ4n) is 3.67. The van der Waals surface area contributed by atoms with E-state index in [1.165, 1.54) is 0 Å². The van der Waals surface area contributed by atoms with E-state index in [-0.39, 0.29) is 24.4 Å². The van der Waals surface area contributed by atoms with Gasteiger partial charge in [-0.05, 0) is 48.7 Å². The Morgan fingerprint density at radius 3 is 2.75 bits per heavy atom. The minimum Gasteiger partial charge on any atom is -0.486 e. The largest absolute Gasteiger partial charge is 0.486 e. The zero-order chi connectivity index (χ0) is 19.5. The fourth-order valence-corrected chi connectivity index (χ4v) is 4.07. The highest BCUT2D eigenvalue weighted by molar-refractivity contribution is 9.10. The number of hydrogen-bond donors (Lipinski definition) is 1. The second kappa shape index (κ2) is 8.22. The standard InChI is InChI=1S/C21H21BrN2O4/c22-16-4-1-3-15(11-16)21(26)23-13-20(25)24-8-2-5-17(24)14-6-7-18-19(12-14)28-10-9-27-18/h1,3-4,6-7,11-12,17H,2,5,8-10,13H2,(H,23,26). The number of nitrogens with zero attached hydrogens (tertiary/aromatic N) is 1. The van der Waals surface area contributed by atoms with Gasteiger partial charge in [-0.3, -0.25) is 9.59 Å². The number of ether oxygens (including phenoxy) is 2. The maximum Gasteiger partial charge on any atom is 0.251 e. The monoisotopic (exact) mass is 444 g/mol. The van der Waals surface area contributed by atoms with E-state index in [2.05, 4.69) is 21.2 Å². The topological polar surface area (TPSA) is 67.9 Å². The SMILES string of the molecule is O=C(NCC(=O)N1CCCC1c1ccc2c(c1)OCCO2)c1cccc(Br)c1. The molecule has 0 radical (unpaired) electrons. The molecule has 2 amide bonds. The van der Waals surface area contributed by atoms with Crippen LogP contribution in [0.4, 0.5) is 0 Å². The third kappa shape index (κ3) is 3.99. The normalized spacial score (nSPS) is 18.0. The minimum absolute atomic E-state index is 0.00824. The predicted molar refractivity (Wildman–Crippen MR) is 108 cm³/mol. The van der Waals surface area contributed by atoms with Gasteiger partial charge < -0.3 is 19.7 Å². The number of benzene rings is 2.